The minimum atomic E-state index is -0.457. The molecule has 0 aliphatic rings. The number of carbonyl (C=O) groups excluding carboxylic acids is 1. The number of carbonyl (C=O) groups is 1. The van der Waals surface area contributed by atoms with Crippen molar-refractivity contribution < 1.29 is 9.72 Å². The molecule has 0 amide bonds. The summed E-state index contributed by atoms with van der Waals surface area (Å²) in [5, 5.41) is 10.5. The Balaban J connectivity index is 3.12. The number of Topliss-reactive ketones (excluding diaryl/α,β-unsaturated/α-hetero) is 1. The Morgan fingerprint density at radius 3 is 2.53 bits per heavy atom. The molecule has 0 aliphatic carbocycles. The van der Waals surface area contributed by atoms with E-state index in [0.717, 1.165) is 0 Å². The summed E-state index contributed by atoms with van der Waals surface area (Å²) in [6.07, 6.45) is 0. The molecule has 15 heavy (non-hydrogen) atoms. The molecule has 0 saturated carbocycles. The standard InChI is InChI=1S/C10H10BrNO3/c1-6-5-8(10(13)7(2)11)3-4-9(6)12(14)15/h3-5,7H,1-2H3. The number of nitro benzene ring substituents is 1. The zero-order valence-corrected chi connectivity index (χ0v) is 9.95. The van der Waals surface area contributed by atoms with Gasteiger partial charge in [0.2, 0.25) is 0 Å². The quantitative estimate of drug-likeness (QED) is 0.368. The molecule has 0 aliphatic heterocycles. The number of hydrogen-bond donors (Lipinski definition) is 0. The first kappa shape index (κ1) is 11.8. The van der Waals surface area contributed by atoms with Gasteiger partial charge in [-0.3, -0.25) is 14.9 Å². The van der Waals surface area contributed by atoms with Gasteiger partial charge in [0.15, 0.2) is 5.78 Å². The third-order valence-corrected chi connectivity index (χ3v) is 2.46. The van der Waals surface area contributed by atoms with Gasteiger partial charge in [0, 0.05) is 17.2 Å². The molecule has 0 radical (unpaired) electrons. The molecule has 5 heteroatoms. The monoisotopic (exact) mass is 271 g/mol. The number of nitrogens with zero attached hydrogens (tertiary/aromatic N) is 1. The van der Waals surface area contributed by atoms with Gasteiger partial charge < -0.3 is 0 Å². The zero-order valence-electron chi connectivity index (χ0n) is 8.36. The lowest BCUT2D eigenvalue weighted by Gasteiger charge is -2.04. The van der Waals surface area contributed by atoms with Gasteiger partial charge in [-0.25, -0.2) is 0 Å². The first-order chi connectivity index (χ1) is 6.93. The van der Waals surface area contributed by atoms with Crippen LogP contribution < -0.4 is 0 Å². The van der Waals surface area contributed by atoms with Crippen molar-refractivity contribution >= 4 is 27.4 Å². The van der Waals surface area contributed by atoms with Crippen LogP contribution in [-0.2, 0) is 0 Å². The van der Waals surface area contributed by atoms with E-state index in [1.54, 1.807) is 13.8 Å². The number of hydrogen-bond acceptors (Lipinski definition) is 3. The van der Waals surface area contributed by atoms with E-state index >= 15 is 0 Å². The number of rotatable bonds is 3. The van der Waals surface area contributed by atoms with Crippen LogP contribution in [0.4, 0.5) is 5.69 Å². The summed E-state index contributed by atoms with van der Waals surface area (Å²) in [6, 6.07) is 4.38. The van der Waals surface area contributed by atoms with Crippen molar-refractivity contribution in [3.8, 4) is 0 Å². The summed E-state index contributed by atoms with van der Waals surface area (Å²) in [4.78, 5) is 21.4. The second-order valence-corrected chi connectivity index (χ2v) is 4.61. The van der Waals surface area contributed by atoms with Crippen LogP contribution in [0, 0.1) is 17.0 Å². The van der Waals surface area contributed by atoms with E-state index in [1.807, 2.05) is 0 Å². The lowest BCUT2D eigenvalue weighted by Crippen LogP contribution is -2.10. The van der Waals surface area contributed by atoms with Gasteiger partial charge in [-0.1, -0.05) is 15.9 Å². The molecule has 0 heterocycles. The van der Waals surface area contributed by atoms with Crippen molar-refractivity contribution in [2.24, 2.45) is 0 Å². The molecule has 1 aromatic rings. The fraction of sp³-hybridized carbons (Fsp3) is 0.300. The minimum absolute atomic E-state index is 0.0359. The fourth-order valence-corrected chi connectivity index (χ4v) is 1.51. The summed E-state index contributed by atoms with van der Waals surface area (Å²) in [5.74, 6) is -0.0759. The Labute approximate surface area is 95.6 Å². The van der Waals surface area contributed by atoms with Crippen LogP contribution in [0.2, 0.25) is 0 Å². The molecule has 1 unspecified atom stereocenters. The number of aryl methyl sites for hydroxylation is 1. The lowest BCUT2D eigenvalue weighted by molar-refractivity contribution is -0.385. The van der Waals surface area contributed by atoms with E-state index in [-0.39, 0.29) is 16.3 Å². The third kappa shape index (κ3) is 2.62. The van der Waals surface area contributed by atoms with Gasteiger partial charge in [0.05, 0.1) is 9.75 Å². The first-order valence-electron chi connectivity index (χ1n) is 4.37. The van der Waals surface area contributed by atoms with Crippen LogP contribution in [0.1, 0.15) is 22.8 Å². The average molecular weight is 272 g/mol. The maximum Gasteiger partial charge on any atom is 0.272 e. The van der Waals surface area contributed by atoms with E-state index in [2.05, 4.69) is 15.9 Å². The highest BCUT2D eigenvalue weighted by atomic mass is 79.9. The molecule has 4 nitrogen and oxygen atoms in total. The maximum atomic E-state index is 11.6. The second kappa shape index (κ2) is 4.53. The Bertz CT molecular complexity index is 415. The van der Waals surface area contributed by atoms with Crippen molar-refractivity contribution in [1.29, 1.82) is 0 Å². The average Bonchev–Trinajstić information content (AvgIpc) is 2.15. The fourth-order valence-electron chi connectivity index (χ4n) is 1.24. The lowest BCUT2D eigenvalue weighted by atomic mass is 10.1. The number of alkyl halides is 1. The number of ketones is 1. The van der Waals surface area contributed by atoms with Crippen molar-refractivity contribution in [2.75, 3.05) is 0 Å². The van der Waals surface area contributed by atoms with E-state index in [1.165, 1.54) is 18.2 Å². The van der Waals surface area contributed by atoms with Crippen molar-refractivity contribution in [2.45, 2.75) is 18.7 Å². The van der Waals surface area contributed by atoms with Crippen LogP contribution in [0.3, 0.4) is 0 Å². The van der Waals surface area contributed by atoms with Crippen LogP contribution in [-0.4, -0.2) is 15.5 Å². The summed E-state index contributed by atoms with van der Waals surface area (Å²) < 4.78 is 0. The molecule has 0 aromatic heterocycles. The second-order valence-electron chi connectivity index (χ2n) is 3.24. The normalized spacial score (nSPS) is 12.2. The van der Waals surface area contributed by atoms with Crippen molar-refractivity contribution in [3.63, 3.8) is 0 Å². The smallest absolute Gasteiger partial charge is 0.272 e. The Kier molecular flexibility index (Phi) is 3.57. The summed E-state index contributed by atoms with van der Waals surface area (Å²) in [6.45, 7) is 3.34. The van der Waals surface area contributed by atoms with Gasteiger partial charge in [0.1, 0.15) is 0 Å². The summed E-state index contributed by atoms with van der Waals surface area (Å²) >= 11 is 3.17. The highest BCUT2D eigenvalue weighted by Crippen LogP contribution is 2.20. The third-order valence-electron chi connectivity index (χ3n) is 2.04. The van der Waals surface area contributed by atoms with E-state index in [0.29, 0.717) is 11.1 Å². The topological polar surface area (TPSA) is 60.2 Å². The highest BCUT2D eigenvalue weighted by molar-refractivity contribution is 9.10. The molecule has 0 fully saturated rings. The molecule has 1 rings (SSSR count). The molecular weight excluding hydrogens is 262 g/mol. The predicted octanol–water partition coefficient (Wildman–Crippen LogP) is 2.87. The van der Waals surface area contributed by atoms with Gasteiger partial charge in [-0.05, 0) is 26.0 Å². The Hall–Kier alpha value is -1.23. The van der Waals surface area contributed by atoms with Crippen LogP contribution in [0.25, 0.3) is 0 Å². The molecule has 0 N–H and O–H groups in total. The van der Waals surface area contributed by atoms with Crippen LogP contribution in [0.5, 0.6) is 0 Å². The van der Waals surface area contributed by atoms with E-state index < -0.39 is 4.92 Å². The molecule has 1 atom stereocenters. The number of halogens is 1. The Morgan fingerprint density at radius 2 is 2.13 bits per heavy atom. The summed E-state index contributed by atoms with van der Waals surface area (Å²) in [5.41, 5.74) is 1.02. The first-order valence-corrected chi connectivity index (χ1v) is 5.28. The molecule has 1 aromatic carbocycles. The molecule has 0 spiro atoms. The number of benzene rings is 1. The van der Waals surface area contributed by atoms with E-state index in [4.69, 9.17) is 0 Å². The van der Waals surface area contributed by atoms with E-state index in [9.17, 15) is 14.9 Å². The van der Waals surface area contributed by atoms with Crippen molar-refractivity contribution in [3.05, 3.63) is 39.4 Å². The van der Waals surface area contributed by atoms with Crippen molar-refractivity contribution in [1.82, 2.24) is 0 Å². The Morgan fingerprint density at radius 1 is 1.53 bits per heavy atom. The van der Waals surface area contributed by atoms with Crippen LogP contribution >= 0.6 is 15.9 Å². The highest BCUT2D eigenvalue weighted by Gasteiger charge is 2.16. The summed E-state index contributed by atoms with van der Waals surface area (Å²) in [7, 11) is 0. The van der Waals surface area contributed by atoms with Gasteiger partial charge in [0.25, 0.3) is 5.69 Å². The molecule has 0 saturated heterocycles. The predicted molar refractivity (Wildman–Crippen MR) is 60.6 cm³/mol. The molecule has 80 valence electrons. The van der Waals surface area contributed by atoms with Crippen LogP contribution in [0.15, 0.2) is 18.2 Å². The SMILES string of the molecule is Cc1cc(C(=O)C(C)Br)ccc1[N+](=O)[O-]. The molecule has 0 bridgehead atoms. The largest absolute Gasteiger partial charge is 0.293 e. The zero-order chi connectivity index (χ0) is 11.6. The minimum Gasteiger partial charge on any atom is -0.293 e. The maximum absolute atomic E-state index is 11.6. The number of nitro groups is 1. The molecular formula is C10H10BrNO3. The van der Waals surface area contributed by atoms with Gasteiger partial charge >= 0.3 is 0 Å². The van der Waals surface area contributed by atoms with Gasteiger partial charge in [-0.15, -0.1) is 0 Å². The van der Waals surface area contributed by atoms with Gasteiger partial charge in [-0.2, -0.15) is 0 Å².